The number of thioether (sulfide) groups is 1. The second-order valence-corrected chi connectivity index (χ2v) is 7.56. The van der Waals surface area contributed by atoms with E-state index in [1.54, 1.807) is 6.92 Å². The Morgan fingerprint density at radius 3 is 2.59 bits per heavy atom. The maximum Gasteiger partial charge on any atom is 0.317 e. The molecule has 0 aliphatic rings. The van der Waals surface area contributed by atoms with Gasteiger partial charge in [0.25, 0.3) is 11.1 Å². The SMILES string of the molecule is CC[C@H](CNC(=O)[C@@H](C)OC(=O)CSc1nc2ccccc2o1)c1ccccc1. The zero-order valence-electron chi connectivity index (χ0n) is 16.5. The summed E-state index contributed by atoms with van der Waals surface area (Å²) in [4.78, 5) is 28.7. The maximum atomic E-state index is 12.3. The summed E-state index contributed by atoms with van der Waals surface area (Å²) < 4.78 is 10.8. The van der Waals surface area contributed by atoms with E-state index in [0.29, 0.717) is 17.4 Å². The molecule has 0 spiro atoms. The first kappa shape index (κ1) is 20.9. The molecule has 152 valence electrons. The third-order valence-electron chi connectivity index (χ3n) is 4.55. The quantitative estimate of drug-likeness (QED) is 0.420. The van der Waals surface area contributed by atoms with Crippen molar-refractivity contribution >= 4 is 34.7 Å². The Kier molecular flexibility index (Phi) is 7.30. The molecule has 1 N–H and O–H groups in total. The summed E-state index contributed by atoms with van der Waals surface area (Å²) in [6.07, 6.45) is 0.0413. The van der Waals surface area contributed by atoms with E-state index in [1.807, 2.05) is 54.6 Å². The van der Waals surface area contributed by atoms with Crippen LogP contribution in [0.1, 0.15) is 31.7 Å². The third-order valence-corrected chi connectivity index (χ3v) is 5.35. The number of ether oxygens (including phenoxy) is 1. The van der Waals surface area contributed by atoms with Crippen molar-refractivity contribution in [3.8, 4) is 0 Å². The highest BCUT2D eigenvalue weighted by Gasteiger charge is 2.20. The Labute approximate surface area is 174 Å². The second-order valence-electron chi connectivity index (χ2n) is 6.63. The number of rotatable bonds is 9. The fourth-order valence-electron chi connectivity index (χ4n) is 2.91. The molecular formula is C22H24N2O4S. The van der Waals surface area contributed by atoms with Crippen LogP contribution in [-0.4, -0.2) is 35.3 Å². The van der Waals surface area contributed by atoms with Crippen LogP contribution in [0, 0.1) is 0 Å². The molecule has 2 atom stereocenters. The van der Waals surface area contributed by atoms with Crippen molar-refractivity contribution in [2.45, 2.75) is 37.5 Å². The van der Waals surface area contributed by atoms with Crippen LogP contribution >= 0.6 is 11.8 Å². The first-order valence-corrected chi connectivity index (χ1v) is 10.6. The number of oxazole rings is 1. The Hall–Kier alpha value is -2.80. The third kappa shape index (κ3) is 5.84. The Morgan fingerprint density at radius 2 is 1.86 bits per heavy atom. The van der Waals surface area contributed by atoms with Gasteiger partial charge in [-0.15, -0.1) is 0 Å². The molecule has 3 rings (SSSR count). The van der Waals surface area contributed by atoms with Gasteiger partial charge >= 0.3 is 5.97 Å². The highest BCUT2D eigenvalue weighted by atomic mass is 32.2. The number of amides is 1. The number of para-hydroxylation sites is 2. The number of aromatic nitrogens is 1. The molecule has 0 unspecified atom stereocenters. The van der Waals surface area contributed by atoms with Crippen LogP contribution < -0.4 is 5.32 Å². The molecule has 2 aromatic carbocycles. The average Bonchev–Trinajstić information content (AvgIpc) is 3.16. The number of hydrogen-bond donors (Lipinski definition) is 1. The lowest BCUT2D eigenvalue weighted by atomic mass is 9.96. The monoisotopic (exact) mass is 412 g/mol. The average molecular weight is 413 g/mol. The fraction of sp³-hybridized carbons (Fsp3) is 0.318. The topological polar surface area (TPSA) is 81.4 Å². The molecule has 1 amide bonds. The van der Waals surface area contributed by atoms with E-state index in [4.69, 9.17) is 9.15 Å². The van der Waals surface area contributed by atoms with Crippen LogP contribution in [0.15, 0.2) is 64.2 Å². The normalized spacial score (nSPS) is 13.0. The Morgan fingerprint density at radius 1 is 1.14 bits per heavy atom. The number of benzene rings is 2. The molecule has 0 saturated carbocycles. The van der Waals surface area contributed by atoms with Gasteiger partial charge in [-0.05, 0) is 31.0 Å². The van der Waals surface area contributed by atoms with E-state index in [0.717, 1.165) is 23.7 Å². The first-order valence-electron chi connectivity index (χ1n) is 9.57. The minimum atomic E-state index is -0.861. The molecule has 0 radical (unpaired) electrons. The van der Waals surface area contributed by atoms with Gasteiger partial charge in [0.1, 0.15) is 11.3 Å². The van der Waals surface area contributed by atoms with Crippen molar-refractivity contribution in [3.05, 3.63) is 60.2 Å². The molecule has 1 heterocycles. The van der Waals surface area contributed by atoms with Gasteiger partial charge in [0.05, 0.1) is 0 Å². The minimum Gasteiger partial charge on any atom is -0.452 e. The molecule has 0 aliphatic heterocycles. The van der Waals surface area contributed by atoms with E-state index < -0.39 is 12.1 Å². The van der Waals surface area contributed by atoms with Crippen molar-refractivity contribution in [1.29, 1.82) is 0 Å². The molecule has 29 heavy (non-hydrogen) atoms. The summed E-state index contributed by atoms with van der Waals surface area (Å²) in [6.45, 7) is 4.15. The molecular weight excluding hydrogens is 388 g/mol. The summed E-state index contributed by atoms with van der Waals surface area (Å²) >= 11 is 1.14. The van der Waals surface area contributed by atoms with Crippen molar-refractivity contribution < 1.29 is 18.7 Å². The van der Waals surface area contributed by atoms with E-state index in [-0.39, 0.29) is 17.6 Å². The Balaban J connectivity index is 1.44. The van der Waals surface area contributed by atoms with Gasteiger partial charge < -0.3 is 14.5 Å². The molecule has 1 aromatic heterocycles. The lowest BCUT2D eigenvalue weighted by molar-refractivity contribution is -0.152. The van der Waals surface area contributed by atoms with Crippen LogP contribution in [0.5, 0.6) is 0 Å². The Bertz CT molecular complexity index is 925. The number of esters is 1. The summed E-state index contributed by atoms with van der Waals surface area (Å²) in [5, 5.41) is 3.27. The number of nitrogens with zero attached hydrogens (tertiary/aromatic N) is 1. The molecule has 0 bridgehead atoms. The van der Waals surface area contributed by atoms with Gasteiger partial charge in [-0.25, -0.2) is 4.98 Å². The number of carbonyl (C=O) groups is 2. The number of fused-ring (bicyclic) bond motifs is 1. The van der Waals surface area contributed by atoms with Gasteiger partial charge in [0.15, 0.2) is 11.7 Å². The van der Waals surface area contributed by atoms with Gasteiger partial charge in [0, 0.05) is 12.5 Å². The predicted molar refractivity (Wildman–Crippen MR) is 113 cm³/mol. The summed E-state index contributed by atoms with van der Waals surface area (Å²) in [5.41, 5.74) is 2.58. The summed E-state index contributed by atoms with van der Waals surface area (Å²) in [7, 11) is 0. The lowest BCUT2D eigenvalue weighted by Gasteiger charge is -2.18. The predicted octanol–water partition coefficient (Wildman–Crippen LogP) is 4.16. The zero-order valence-corrected chi connectivity index (χ0v) is 17.3. The second kappa shape index (κ2) is 10.1. The van der Waals surface area contributed by atoms with E-state index in [9.17, 15) is 9.59 Å². The first-order chi connectivity index (χ1) is 14.1. The number of nitrogens with one attached hydrogen (secondary N) is 1. The van der Waals surface area contributed by atoms with Gasteiger partial charge in [-0.1, -0.05) is 61.2 Å². The lowest BCUT2D eigenvalue weighted by Crippen LogP contribution is -2.38. The number of hydrogen-bond acceptors (Lipinski definition) is 6. The van der Waals surface area contributed by atoms with Crippen molar-refractivity contribution in [3.63, 3.8) is 0 Å². The smallest absolute Gasteiger partial charge is 0.317 e. The van der Waals surface area contributed by atoms with E-state index in [2.05, 4.69) is 17.2 Å². The van der Waals surface area contributed by atoms with Crippen LogP contribution in [0.2, 0.25) is 0 Å². The highest BCUT2D eigenvalue weighted by Crippen LogP contribution is 2.23. The molecule has 0 fully saturated rings. The van der Waals surface area contributed by atoms with E-state index >= 15 is 0 Å². The van der Waals surface area contributed by atoms with Crippen LogP contribution in [0.4, 0.5) is 0 Å². The van der Waals surface area contributed by atoms with Crippen molar-refractivity contribution in [2.24, 2.45) is 0 Å². The standard InChI is InChI=1S/C22H24N2O4S/c1-3-16(17-9-5-4-6-10-17)13-23-21(26)15(2)27-20(25)14-29-22-24-18-11-7-8-12-19(18)28-22/h4-12,15-16H,3,13-14H2,1-2H3,(H,23,26)/t15-,16-/m1/s1. The van der Waals surface area contributed by atoms with Crippen molar-refractivity contribution in [1.82, 2.24) is 10.3 Å². The van der Waals surface area contributed by atoms with Crippen LogP contribution in [-0.2, 0) is 14.3 Å². The molecule has 6 nitrogen and oxygen atoms in total. The molecule has 7 heteroatoms. The van der Waals surface area contributed by atoms with Crippen LogP contribution in [0.3, 0.4) is 0 Å². The fourth-order valence-corrected chi connectivity index (χ4v) is 3.53. The van der Waals surface area contributed by atoms with Gasteiger partial charge in [-0.2, -0.15) is 0 Å². The maximum absolute atomic E-state index is 12.3. The zero-order chi connectivity index (χ0) is 20.6. The largest absolute Gasteiger partial charge is 0.452 e. The van der Waals surface area contributed by atoms with Gasteiger partial charge in [-0.3, -0.25) is 9.59 Å². The van der Waals surface area contributed by atoms with Crippen LogP contribution in [0.25, 0.3) is 11.1 Å². The summed E-state index contributed by atoms with van der Waals surface area (Å²) in [6, 6.07) is 17.4. The highest BCUT2D eigenvalue weighted by molar-refractivity contribution is 7.99. The molecule has 3 aromatic rings. The van der Waals surface area contributed by atoms with E-state index in [1.165, 1.54) is 5.56 Å². The van der Waals surface area contributed by atoms with Gasteiger partial charge in [0.2, 0.25) is 0 Å². The van der Waals surface area contributed by atoms with Crippen molar-refractivity contribution in [2.75, 3.05) is 12.3 Å². The number of carbonyl (C=O) groups excluding carboxylic acids is 2. The molecule has 0 aliphatic carbocycles. The minimum absolute atomic E-state index is 0.0199. The summed E-state index contributed by atoms with van der Waals surface area (Å²) in [5.74, 6) is -0.557. The molecule has 0 saturated heterocycles.